The topological polar surface area (TPSA) is 112 Å². The van der Waals surface area contributed by atoms with E-state index in [-0.39, 0.29) is 11.7 Å². The molecule has 2 N–H and O–H groups in total. The fourth-order valence-electron chi connectivity index (χ4n) is 3.30. The summed E-state index contributed by atoms with van der Waals surface area (Å²) in [5, 5.41) is 9.88. The molecule has 3 heterocycles. The first kappa shape index (κ1) is 21.7. The third kappa shape index (κ3) is 5.58. The molecule has 0 aliphatic carbocycles. The molecule has 2 aromatic heterocycles. The Morgan fingerprint density at radius 2 is 1.84 bits per heavy atom. The standard InChI is InChI=1S/C22H23N5O4S/c28-20(29)17-3-6-19(25-15-17)26-10-12-27(13-11-26)22(30)31-18-4-1-16(2-5-18)7-14-32-21-23-8-9-24-21/h1-6,8-9,15H,7,10-14H2,(H,23,24)(H,28,29). The van der Waals surface area contributed by atoms with Gasteiger partial charge in [-0.3, -0.25) is 0 Å². The van der Waals surface area contributed by atoms with Gasteiger partial charge < -0.3 is 24.6 Å². The molecule has 3 aromatic rings. The number of anilines is 1. The second-order valence-electron chi connectivity index (χ2n) is 7.19. The van der Waals surface area contributed by atoms with Gasteiger partial charge in [-0.15, -0.1) is 0 Å². The van der Waals surface area contributed by atoms with Crippen LogP contribution in [-0.4, -0.2) is 69.0 Å². The lowest BCUT2D eigenvalue weighted by Crippen LogP contribution is -2.49. The Kier molecular flexibility index (Phi) is 6.90. The Labute approximate surface area is 189 Å². The number of pyridine rings is 1. The van der Waals surface area contributed by atoms with Gasteiger partial charge in [0.05, 0.1) is 5.56 Å². The highest BCUT2D eigenvalue weighted by Gasteiger charge is 2.23. The minimum Gasteiger partial charge on any atom is -0.478 e. The minimum atomic E-state index is -1.00. The molecular formula is C22H23N5O4S. The molecular weight excluding hydrogens is 430 g/mol. The summed E-state index contributed by atoms with van der Waals surface area (Å²) in [5.74, 6) is 1.12. The molecule has 166 valence electrons. The SMILES string of the molecule is O=C(O)c1ccc(N2CCN(C(=O)Oc3ccc(CCSc4ncc[nH]4)cc3)CC2)nc1. The lowest BCUT2D eigenvalue weighted by molar-refractivity contribution is 0.0696. The molecule has 4 rings (SSSR count). The summed E-state index contributed by atoms with van der Waals surface area (Å²) in [7, 11) is 0. The number of nitrogens with zero attached hydrogens (tertiary/aromatic N) is 4. The van der Waals surface area contributed by atoms with Crippen molar-refractivity contribution in [2.24, 2.45) is 0 Å². The van der Waals surface area contributed by atoms with E-state index in [1.54, 1.807) is 35.1 Å². The molecule has 0 radical (unpaired) electrons. The van der Waals surface area contributed by atoms with Gasteiger partial charge >= 0.3 is 12.1 Å². The van der Waals surface area contributed by atoms with Gasteiger partial charge in [-0.1, -0.05) is 23.9 Å². The Morgan fingerprint density at radius 1 is 1.06 bits per heavy atom. The predicted octanol–water partition coefficient (Wildman–Crippen LogP) is 3.16. The number of carbonyl (C=O) groups excluding carboxylic acids is 1. The molecule has 9 nitrogen and oxygen atoms in total. The first-order valence-corrected chi connectivity index (χ1v) is 11.2. The molecule has 0 spiro atoms. The Balaban J connectivity index is 1.22. The van der Waals surface area contributed by atoms with E-state index in [1.807, 2.05) is 29.2 Å². The van der Waals surface area contributed by atoms with Crippen molar-refractivity contribution in [1.29, 1.82) is 0 Å². The summed E-state index contributed by atoms with van der Waals surface area (Å²) in [6.07, 6.45) is 5.40. The van der Waals surface area contributed by atoms with E-state index in [4.69, 9.17) is 9.84 Å². The molecule has 0 bridgehead atoms. The van der Waals surface area contributed by atoms with Gasteiger partial charge in [-0.2, -0.15) is 0 Å². The number of thioether (sulfide) groups is 1. The quantitative estimate of drug-likeness (QED) is 0.525. The zero-order valence-electron chi connectivity index (χ0n) is 17.3. The van der Waals surface area contributed by atoms with Crippen molar-refractivity contribution in [2.75, 3.05) is 36.8 Å². The average Bonchev–Trinajstić information content (AvgIpc) is 3.34. The number of carboxylic acid groups (broad SMARTS) is 1. The van der Waals surface area contributed by atoms with E-state index < -0.39 is 5.97 Å². The lowest BCUT2D eigenvalue weighted by Gasteiger charge is -2.34. The van der Waals surface area contributed by atoms with Crippen LogP contribution in [0.2, 0.25) is 0 Å². The van der Waals surface area contributed by atoms with Crippen molar-refractivity contribution >= 4 is 29.6 Å². The molecule has 1 fully saturated rings. The molecule has 1 aliphatic rings. The number of aryl methyl sites for hydroxylation is 1. The van der Waals surface area contributed by atoms with Gasteiger partial charge in [-0.05, 0) is 36.2 Å². The Bertz CT molecular complexity index is 1030. The number of aromatic nitrogens is 3. The number of carbonyl (C=O) groups is 2. The highest BCUT2D eigenvalue weighted by Crippen LogP contribution is 2.19. The van der Waals surface area contributed by atoms with Crippen LogP contribution in [0.3, 0.4) is 0 Å². The molecule has 1 aromatic carbocycles. The zero-order valence-corrected chi connectivity index (χ0v) is 18.1. The number of nitrogens with one attached hydrogen (secondary N) is 1. The van der Waals surface area contributed by atoms with Crippen molar-refractivity contribution in [3.05, 3.63) is 66.1 Å². The van der Waals surface area contributed by atoms with Gasteiger partial charge in [0.1, 0.15) is 11.6 Å². The maximum absolute atomic E-state index is 12.5. The van der Waals surface area contributed by atoms with E-state index in [0.717, 1.165) is 17.3 Å². The number of ether oxygens (including phenoxy) is 1. The van der Waals surface area contributed by atoms with Gasteiger partial charge in [0.25, 0.3) is 0 Å². The Hall–Kier alpha value is -3.53. The minimum absolute atomic E-state index is 0.151. The maximum atomic E-state index is 12.5. The highest BCUT2D eigenvalue weighted by atomic mass is 32.2. The van der Waals surface area contributed by atoms with E-state index in [1.165, 1.54) is 17.8 Å². The second-order valence-corrected chi connectivity index (χ2v) is 8.27. The molecule has 0 atom stereocenters. The largest absolute Gasteiger partial charge is 0.478 e. The van der Waals surface area contributed by atoms with Crippen molar-refractivity contribution in [1.82, 2.24) is 19.9 Å². The van der Waals surface area contributed by atoms with Crippen molar-refractivity contribution in [3.8, 4) is 5.75 Å². The van der Waals surface area contributed by atoms with E-state index in [2.05, 4.69) is 15.0 Å². The number of hydrogen-bond donors (Lipinski definition) is 2. The Morgan fingerprint density at radius 3 is 2.47 bits per heavy atom. The number of rotatable bonds is 7. The van der Waals surface area contributed by atoms with Crippen LogP contribution in [0.25, 0.3) is 0 Å². The van der Waals surface area contributed by atoms with Crippen LogP contribution in [0, 0.1) is 0 Å². The molecule has 1 amide bonds. The summed E-state index contributed by atoms with van der Waals surface area (Å²) < 4.78 is 5.52. The molecule has 10 heteroatoms. The van der Waals surface area contributed by atoms with Gasteiger partial charge in [-0.25, -0.2) is 19.6 Å². The molecule has 0 saturated carbocycles. The van der Waals surface area contributed by atoms with Gasteiger partial charge in [0, 0.05) is 50.5 Å². The number of piperazine rings is 1. The normalized spacial score (nSPS) is 13.8. The first-order valence-electron chi connectivity index (χ1n) is 10.2. The molecule has 32 heavy (non-hydrogen) atoms. The van der Waals surface area contributed by atoms with E-state index in [0.29, 0.717) is 37.7 Å². The van der Waals surface area contributed by atoms with Gasteiger partial charge in [0.2, 0.25) is 0 Å². The van der Waals surface area contributed by atoms with Crippen LogP contribution in [0.15, 0.2) is 60.1 Å². The highest BCUT2D eigenvalue weighted by molar-refractivity contribution is 7.99. The van der Waals surface area contributed by atoms with Crippen molar-refractivity contribution in [2.45, 2.75) is 11.6 Å². The van der Waals surface area contributed by atoms with Crippen LogP contribution < -0.4 is 9.64 Å². The maximum Gasteiger partial charge on any atom is 0.415 e. The molecule has 1 saturated heterocycles. The summed E-state index contributed by atoms with van der Waals surface area (Å²) in [5.41, 5.74) is 1.32. The fraction of sp³-hybridized carbons (Fsp3) is 0.273. The fourth-order valence-corrected chi connectivity index (χ4v) is 4.12. The number of hydrogen-bond acceptors (Lipinski definition) is 7. The summed E-state index contributed by atoms with van der Waals surface area (Å²) in [6.45, 7) is 2.20. The second kappa shape index (κ2) is 10.2. The third-order valence-electron chi connectivity index (χ3n) is 5.09. The number of amides is 1. The van der Waals surface area contributed by atoms with Crippen LogP contribution in [0.1, 0.15) is 15.9 Å². The average molecular weight is 454 g/mol. The number of aromatic amines is 1. The third-order valence-corrected chi connectivity index (χ3v) is 5.99. The summed E-state index contributed by atoms with van der Waals surface area (Å²) >= 11 is 1.66. The molecule has 1 aliphatic heterocycles. The number of imidazole rings is 1. The van der Waals surface area contributed by atoms with E-state index in [9.17, 15) is 9.59 Å². The van der Waals surface area contributed by atoms with Crippen LogP contribution >= 0.6 is 11.8 Å². The lowest BCUT2D eigenvalue weighted by atomic mass is 10.2. The van der Waals surface area contributed by atoms with Crippen LogP contribution in [0.4, 0.5) is 10.6 Å². The van der Waals surface area contributed by atoms with Gasteiger partial charge in [0.15, 0.2) is 5.16 Å². The smallest absolute Gasteiger partial charge is 0.415 e. The van der Waals surface area contributed by atoms with Crippen LogP contribution in [-0.2, 0) is 6.42 Å². The number of carboxylic acids is 1. The summed E-state index contributed by atoms with van der Waals surface area (Å²) in [4.78, 5) is 38.6. The van der Waals surface area contributed by atoms with Crippen LogP contribution in [0.5, 0.6) is 5.75 Å². The number of benzene rings is 1. The van der Waals surface area contributed by atoms with Crippen molar-refractivity contribution < 1.29 is 19.4 Å². The summed E-state index contributed by atoms with van der Waals surface area (Å²) in [6, 6.07) is 10.8. The number of aromatic carboxylic acids is 1. The van der Waals surface area contributed by atoms with Crippen molar-refractivity contribution in [3.63, 3.8) is 0 Å². The van der Waals surface area contributed by atoms with E-state index >= 15 is 0 Å². The first-order chi connectivity index (χ1) is 15.6. The predicted molar refractivity (Wildman–Crippen MR) is 120 cm³/mol. The zero-order chi connectivity index (χ0) is 22.3. The number of H-pyrrole nitrogens is 1. The monoisotopic (exact) mass is 453 g/mol. The molecule has 0 unspecified atom stereocenters.